The van der Waals surface area contributed by atoms with E-state index in [2.05, 4.69) is 5.32 Å². The summed E-state index contributed by atoms with van der Waals surface area (Å²) in [7, 11) is 6.47. The third-order valence-corrected chi connectivity index (χ3v) is 8.19. The van der Waals surface area contributed by atoms with Crippen molar-refractivity contribution >= 4 is 59.6 Å². The zero-order chi connectivity index (χ0) is 30.0. The van der Waals surface area contributed by atoms with Crippen molar-refractivity contribution in [3.05, 3.63) is 40.2 Å². The molecule has 232 valence electrons. The van der Waals surface area contributed by atoms with Crippen LogP contribution in [0.3, 0.4) is 0 Å². The van der Waals surface area contributed by atoms with Gasteiger partial charge in [-0.2, -0.15) is 0 Å². The fourth-order valence-corrected chi connectivity index (χ4v) is 6.26. The van der Waals surface area contributed by atoms with Crippen molar-refractivity contribution in [2.24, 2.45) is 17.6 Å². The first-order chi connectivity index (χ1) is 18.6. The molecule has 1 aromatic carbocycles. The van der Waals surface area contributed by atoms with Crippen LogP contribution >= 0.6 is 24.8 Å². The molecule has 4 rings (SSSR count). The van der Waals surface area contributed by atoms with E-state index in [1.165, 1.54) is 31.1 Å². The Labute approximate surface area is 254 Å². The monoisotopic (exact) mass is 630 g/mol. The third-order valence-electron chi connectivity index (χ3n) is 8.19. The van der Waals surface area contributed by atoms with Crippen LogP contribution in [0.5, 0.6) is 5.75 Å². The molecule has 15 heteroatoms. The van der Waals surface area contributed by atoms with Gasteiger partial charge in [0.1, 0.15) is 22.8 Å². The van der Waals surface area contributed by atoms with Crippen LogP contribution in [0.15, 0.2) is 29.0 Å². The van der Waals surface area contributed by atoms with E-state index in [0.29, 0.717) is 12.1 Å². The van der Waals surface area contributed by atoms with Gasteiger partial charge in [0.05, 0.1) is 29.3 Å². The fraction of sp³-hybridized carbons (Fsp3) is 0.481. The molecular formula is C27H36Cl2N4O9. The summed E-state index contributed by atoms with van der Waals surface area (Å²) in [4.78, 5) is 54.8. The number of halogens is 2. The molecule has 42 heavy (non-hydrogen) atoms. The highest BCUT2D eigenvalue weighted by molar-refractivity contribution is 6.24. The second-order valence-corrected chi connectivity index (χ2v) is 11.1. The minimum absolute atomic E-state index is 0. The van der Waals surface area contributed by atoms with E-state index in [0.717, 1.165) is 0 Å². The highest BCUT2D eigenvalue weighted by atomic mass is 35.5. The smallest absolute Gasteiger partial charge is 0.255 e. The van der Waals surface area contributed by atoms with Crippen molar-refractivity contribution < 1.29 is 44.7 Å². The molecule has 6 atom stereocenters. The lowest BCUT2D eigenvalue weighted by atomic mass is 9.54. The van der Waals surface area contributed by atoms with Gasteiger partial charge in [-0.15, -0.1) is 24.8 Å². The van der Waals surface area contributed by atoms with Crippen molar-refractivity contribution in [1.82, 2.24) is 9.80 Å². The zero-order valence-electron chi connectivity index (χ0n) is 23.6. The van der Waals surface area contributed by atoms with E-state index in [4.69, 9.17) is 5.73 Å². The SMILES string of the molecule is CC1c2ccc(NC(=O)CCN(C)C)c(O)c2C(O)=C2C(=O)C3(O)C(O)=C(C(N)=O)C(=O)[C@@H](N(C)C)C3C(O)C21.Cl.Cl. The molecule has 5 unspecified atom stereocenters. The number of benzene rings is 1. The number of hydrogen-bond acceptors (Lipinski definition) is 11. The summed E-state index contributed by atoms with van der Waals surface area (Å²) < 4.78 is 0. The average Bonchev–Trinajstić information content (AvgIpc) is 2.86. The zero-order valence-corrected chi connectivity index (χ0v) is 25.2. The van der Waals surface area contributed by atoms with E-state index >= 15 is 0 Å². The number of carbonyl (C=O) groups excluding carboxylic acids is 4. The number of hydrogen-bond donors (Lipinski definition) is 7. The topological polar surface area (TPSA) is 214 Å². The number of Topliss-reactive ketones (excluding diaryl/α,β-unsaturated/α-hetero) is 2. The highest BCUT2D eigenvalue weighted by Crippen LogP contribution is 2.56. The molecule has 1 saturated carbocycles. The predicted octanol–water partition coefficient (Wildman–Crippen LogP) is 0.230. The minimum Gasteiger partial charge on any atom is -0.508 e. The molecule has 0 heterocycles. The van der Waals surface area contributed by atoms with Gasteiger partial charge in [0, 0.05) is 24.5 Å². The van der Waals surface area contributed by atoms with Gasteiger partial charge in [0.25, 0.3) is 5.91 Å². The Kier molecular flexibility index (Phi) is 10.2. The predicted molar refractivity (Wildman–Crippen MR) is 157 cm³/mol. The van der Waals surface area contributed by atoms with Crippen molar-refractivity contribution in [3.8, 4) is 5.75 Å². The first-order valence-electron chi connectivity index (χ1n) is 12.7. The number of nitrogens with one attached hydrogen (secondary N) is 1. The van der Waals surface area contributed by atoms with Crippen LogP contribution in [0.1, 0.15) is 30.4 Å². The fourth-order valence-electron chi connectivity index (χ4n) is 6.26. The summed E-state index contributed by atoms with van der Waals surface area (Å²) >= 11 is 0. The van der Waals surface area contributed by atoms with Gasteiger partial charge in [-0.3, -0.25) is 24.1 Å². The van der Waals surface area contributed by atoms with Crippen LogP contribution in [0, 0.1) is 11.8 Å². The quantitative estimate of drug-likeness (QED) is 0.167. The van der Waals surface area contributed by atoms with Crippen molar-refractivity contribution in [3.63, 3.8) is 0 Å². The first-order valence-corrected chi connectivity index (χ1v) is 12.7. The number of aliphatic hydroxyl groups excluding tert-OH is 3. The van der Waals surface area contributed by atoms with Gasteiger partial charge in [0.15, 0.2) is 11.4 Å². The van der Waals surface area contributed by atoms with Gasteiger partial charge < -0.3 is 41.5 Å². The second-order valence-electron chi connectivity index (χ2n) is 11.1. The highest BCUT2D eigenvalue weighted by Gasteiger charge is 2.68. The van der Waals surface area contributed by atoms with E-state index in [-0.39, 0.29) is 42.5 Å². The number of phenols is 1. The number of likely N-dealkylation sites (N-methyl/N-ethyl adjacent to an activating group) is 1. The number of carbonyl (C=O) groups is 4. The summed E-state index contributed by atoms with van der Waals surface area (Å²) in [6.45, 7) is 2.07. The molecule has 0 aliphatic heterocycles. The molecule has 3 aliphatic rings. The standard InChI is InChI=1S/C27H34N4O9.2ClH/c1-10-11-6-7-12(29-13(32)8-9-30(2)3)20(33)15(11)21(34)16-14(10)22(35)18-19(31(4)5)23(36)17(26(28)39)25(38)27(18,40)24(16)37;;/h6-7,10,14,18-19,22,33-35,38,40H,8-9H2,1-5H3,(H2,28,39)(H,29,32);2*1H/t10?,14?,18?,19-,22?,27?;;/m0../s1. The molecule has 3 aliphatic carbocycles. The van der Waals surface area contributed by atoms with Gasteiger partial charge in [0.2, 0.25) is 11.7 Å². The Balaban J connectivity index is 0.00000308. The lowest BCUT2D eigenvalue weighted by Crippen LogP contribution is -2.70. The first kappa shape index (κ1) is 35.0. The maximum atomic E-state index is 14.0. The van der Waals surface area contributed by atoms with Crippen molar-refractivity contribution in [2.75, 3.05) is 40.1 Å². The molecule has 0 spiro atoms. The lowest BCUT2D eigenvalue weighted by molar-refractivity contribution is -0.169. The van der Waals surface area contributed by atoms with E-state index in [9.17, 15) is 44.7 Å². The molecule has 2 amide bonds. The Morgan fingerprint density at radius 3 is 2.19 bits per heavy atom. The van der Waals surface area contributed by atoms with Crippen LogP contribution in [-0.4, -0.2) is 111 Å². The van der Waals surface area contributed by atoms with E-state index in [1.807, 2.05) is 0 Å². The Hall–Kier alpha value is -3.20. The van der Waals surface area contributed by atoms with Gasteiger partial charge in [-0.25, -0.2) is 0 Å². The maximum Gasteiger partial charge on any atom is 0.255 e. The number of nitrogens with two attached hydrogens (primary N) is 1. The van der Waals surface area contributed by atoms with Crippen LogP contribution in [0.4, 0.5) is 5.69 Å². The molecule has 0 saturated heterocycles. The maximum absolute atomic E-state index is 14.0. The molecule has 1 aromatic rings. The molecule has 13 nitrogen and oxygen atoms in total. The third kappa shape index (κ3) is 5.03. The largest absolute Gasteiger partial charge is 0.508 e. The number of ketones is 2. The molecular weight excluding hydrogens is 595 g/mol. The summed E-state index contributed by atoms with van der Waals surface area (Å²) in [5, 5.41) is 59.3. The number of rotatable bonds is 6. The number of fused-ring (bicyclic) bond motifs is 3. The molecule has 8 N–H and O–H groups in total. The van der Waals surface area contributed by atoms with Gasteiger partial charge in [-0.05, 0) is 45.7 Å². The molecule has 0 radical (unpaired) electrons. The lowest BCUT2D eigenvalue weighted by Gasteiger charge is -2.53. The van der Waals surface area contributed by atoms with Crippen LogP contribution in [0.25, 0.3) is 5.76 Å². The van der Waals surface area contributed by atoms with Gasteiger partial charge >= 0.3 is 0 Å². The number of aromatic hydroxyl groups is 1. The Morgan fingerprint density at radius 2 is 1.67 bits per heavy atom. The average molecular weight is 632 g/mol. The van der Waals surface area contributed by atoms with E-state index in [1.54, 1.807) is 25.9 Å². The van der Waals surface area contributed by atoms with Crippen molar-refractivity contribution in [2.45, 2.75) is 37.0 Å². The Bertz CT molecular complexity index is 1390. The normalized spacial score (nSPS) is 28.5. The number of anilines is 1. The van der Waals surface area contributed by atoms with E-state index < -0.39 is 87.3 Å². The number of primary amides is 1. The summed E-state index contributed by atoms with van der Waals surface area (Å²) in [5.74, 6) is -10.2. The number of phenolic OH excluding ortho intramolecular Hbond substituents is 1. The van der Waals surface area contributed by atoms with Crippen LogP contribution in [0.2, 0.25) is 0 Å². The summed E-state index contributed by atoms with van der Waals surface area (Å²) in [5.41, 5.74) is 0.964. The van der Waals surface area contributed by atoms with Crippen LogP contribution < -0.4 is 11.1 Å². The minimum atomic E-state index is -2.99. The number of nitrogens with zero attached hydrogens (tertiary/aromatic N) is 2. The Morgan fingerprint density at radius 1 is 1.07 bits per heavy atom. The van der Waals surface area contributed by atoms with Crippen LogP contribution in [-0.2, 0) is 19.2 Å². The van der Waals surface area contributed by atoms with Gasteiger partial charge in [-0.1, -0.05) is 13.0 Å². The molecule has 0 aromatic heterocycles. The number of aliphatic hydroxyl groups is 4. The number of amides is 2. The molecule has 0 bridgehead atoms. The summed E-state index contributed by atoms with van der Waals surface area (Å²) in [6.07, 6.45) is -1.56. The molecule has 1 fully saturated rings. The second kappa shape index (κ2) is 12.2. The summed E-state index contributed by atoms with van der Waals surface area (Å²) in [6, 6.07) is 1.54. The van der Waals surface area contributed by atoms with Crippen molar-refractivity contribution in [1.29, 1.82) is 0 Å².